The second kappa shape index (κ2) is 6.37. The topological polar surface area (TPSA) is 52.5 Å². The lowest BCUT2D eigenvalue weighted by molar-refractivity contribution is 0.163. The largest absolute Gasteiger partial charge is 0.396 e. The van der Waals surface area contributed by atoms with Crippen LogP contribution in [0.2, 0.25) is 0 Å². The molecule has 0 spiro atoms. The molecule has 2 fully saturated rings. The Balaban J connectivity index is 1.65. The van der Waals surface area contributed by atoms with Crippen LogP contribution in [0, 0.1) is 18.8 Å². The van der Waals surface area contributed by atoms with Crippen LogP contribution in [0.5, 0.6) is 0 Å². The van der Waals surface area contributed by atoms with Crippen molar-refractivity contribution in [2.75, 3.05) is 44.2 Å². The number of hydrogen-bond donors (Lipinski definition) is 1. The van der Waals surface area contributed by atoms with E-state index in [1.807, 2.05) is 6.92 Å². The lowest BCUT2D eigenvalue weighted by Crippen LogP contribution is -2.45. The normalized spacial score (nSPS) is 28.2. The fourth-order valence-electron chi connectivity index (χ4n) is 3.48. The highest BCUT2D eigenvalue weighted by Gasteiger charge is 2.30. The van der Waals surface area contributed by atoms with Gasteiger partial charge in [-0.3, -0.25) is 0 Å². The first-order chi connectivity index (χ1) is 9.74. The SMILES string of the molecule is Cc1nnc(N2C[C@H](CO)C[C@H](CN3CCCC3)C2)s1. The number of aliphatic hydroxyl groups is 1. The summed E-state index contributed by atoms with van der Waals surface area (Å²) in [4.78, 5) is 4.91. The summed E-state index contributed by atoms with van der Waals surface area (Å²) < 4.78 is 0. The Morgan fingerprint density at radius 3 is 2.60 bits per heavy atom. The Hall–Kier alpha value is -0.720. The summed E-state index contributed by atoms with van der Waals surface area (Å²) >= 11 is 1.66. The average Bonchev–Trinajstić information content (AvgIpc) is 3.10. The van der Waals surface area contributed by atoms with Crippen LogP contribution in [0.4, 0.5) is 5.13 Å². The number of aliphatic hydroxyl groups excluding tert-OH is 1. The van der Waals surface area contributed by atoms with E-state index in [0.29, 0.717) is 11.8 Å². The van der Waals surface area contributed by atoms with Gasteiger partial charge in [-0.25, -0.2) is 0 Å². The molecular weight excluding hydrogens is 272 g/mol. The van der Waals surface area contributed by atoms with Gasteiger partial charge in [-0.2, -0.15) is 0 Å². The molecule has 2 aliphatic heterocycles. The first kappa shape index (κ1) is 14.2. The maximum atomic E-state index is 9.57. The van der Waals surface area contributed by atoms with Gasteiger partial charge in [0.2, 0.25) is 5.13 Å². The smallest absolute Gasteiger partial charge is 0.208 e. The number of aromatic nitrogens is 2. The minimum Gasteiger partial charge on any atom is -0.396 e. The highest BCUT2D eigenvalue weighted by molar-refractivity contribution is 7.15. The van der Waals surface area contributed by atoms with E-state index in [4.69, 9.17) is 0 Å². The second-order valence-corrected chi connectivity index (χ2v) is 7.33. The maximum absolute atomic E-state index is 9.57. The molecule has 20 heavy (non-hydrogen) atoms. The van der Waals surface area contributed by atoms with E-state index in [1.165, 1.54) is 32.5 Å². The van der Waals surface area contributed by atoms with Gasteiger partial charge in [-0.15, -0.1) is 10.2 Å². The Labute approximate surface area is 124 Å². The van der Waals surface area contributed by atoms with E-state index in [0.717, 1.165) is 29.6 Å². The van der Waals surface area contributed by atoms with Gasteiger partial charge < -0.3 is 14.9 Å². The van der Waals surface area contributed by atoms with Crippen molar-refractivity contribution in [1.82, 2.24) is 15.1 Å². The molecule has 2 aliphatic rings. The molecule has 0 bridgehead atoms. The fraction of sp³-hybridized carbons (Fsp3) is 0.857. The predicted octanol–water partition coefficient (Wildman–Crippen LogP) is 1.38. The molecule has 112 valence electrons. The second-order valence-electron chi connectivity index (χ2n) is 6.17. The summed E-state index contributed by atoms with van der Waals surface area (Å²) in [6, 6.07) is 0. The summed E-state index contributed by atoms with van der Waals surface area (Å²) in [6.07, 6.45) is 3.83. The van der Waals surface area contributed by atoms with E-state index in [9.17, 15) is 5.11 Å². The van der Waals surface area contributed by atoms with Gasteiger partial charge in [0.15, 0.2) is 0 Å². The zero-order chi connectivity index (χ0) is 13.9. The molecule has 0 aliphatic carbocycles. The van der Waals surface area contributed by atoms with Gasteiger partial charge >= 0.3 is 0 Å². The molecule has 0 saturated carbocycles. The highest BCUT2D eigenvalue weighted by atomic mass is 32.1. The summed E-state index contributed by atoms with van der Waals surface area (Å²) in [7, 11) is 0. The minimum atomic E-state index is 0.283. The Bertz CT molecular complexity index is 433. The average molecular weight is 296 g/mol. The van der Waals surface area contributed by atoms with E-state index in [2.05, 4.69) is 20.0 Å². The van der Waals surface area contributed by atoms with Crippen LogP contribution in [0.25, 0.3) is 0 Å². The van der Waals surface area contributed by atoms with Gasteiger partial charge in [-0.05, 0) is 51.1 Å². The molecule has 6 heteroatoms. The van der Waals surface area contributed by atoms with Crippen LogP contribution in [-0.4, -0.2) is 59.5 Å². The number of hydrogen-bond acceptors (Lipinski definition) is 6. The lowest BCUT2D eigenvalue weighted by atomic mass is 9.89. The van der Waals surface area contributed by atoms with Crippen molar-refractivity contribution in [2.24, 2.45) is 11.8 Å². The summed E-state index contributed by atoms with van der Waals surface area (Å²) in [5.41, 5.74) is 0. The molecule has 0 unspecified atom stereocenters. The molecule has 0 amide bonds. The zero-order valence-corrected chi connectivity index (χ0v) is 13.0. The van der Waals surface area contributed by atoms with E-state index >= 15 is 0 Å². The monoisotopic (exact) mass is 296 g/mol. The first-order valence-corrected chi connectivity index (χ1v) is 8.44. The van der Waals surface area contributed by atoms with Crippen LogP contribution in [0.3, 0.4) is 0 Å². The van der Waals surface area contributed by atoms with Gasteiger partial charge in [0.25, 0.3) is 0 Å². The van der Waals surface area contributed by atoms with Crippen LogP contribution in [-0.2, 0) is 0 Å². The van der Waals surface area contributed by atoms with Crippen molar-refractivity contribution in [3.8, 4) is 0 Å². The molecule has 1 aromatic rings. The molecule has 3 rings (SSSR count). The first-order valence-electron chi connectivity index (χ1n) is 7.63. The number of aryl methyl sites for hydroxylation is 1. The highest BCUT2D eigenvalue weighted by Crippen LogP contribution is 2.29. The van der Waals surface area contributed by atoms with Gasteiger partial charge in [0.05, 0.1) is 0 Å². The van der Waals surface area contributed by atoms with Crippen molar-refractivity contribution in [2.45, 2.75) is 26.2 Å². The number of anilines is 1. The lowest BCUT2D eigenvalue weighted by Gasteiger charge is -2.38. The minimum absolute atomic E-state index is 0.283. The van der Waals surface area contributed by atoms with Crippen LogP contribution >= 0.6 is 11.3 Å². The third-order valence-corrected chi connectivity index (χ3v) is 5.28. The number of nitrogens with zero attached hydrogens (tertiary/aromatic N) is 4. The van der Waals surface area contributed by atoms with Crippen LogP contribution in [0.15, 0.2) is 0 Å². The standard InChI is InChI=1S/C14H24N4OS/c1-11-15-16-14(20-11)18-8-12(6-13(9-18)10-19)7-17-4-2-3-5-17/h12-13,19H,2-10H2,1H3/t12-,13-/m1/s1. The van der Waals surface area contributed by atoms with E-state index in [-0.39, 0.29) is 6.61 Å². The van der Waals surface area contributed by atoms with Crippen molar-refractivity contribution < 1.29 is 5.11 Å². The summed E-state index contributed by atoms with van der Waals surface area (Å²) in [5.74, 6) is 1.02. The van der Waals surface area contributed by atoms with Gasteiger partial charge in [0, 0.05) is 26.2 Å². The number of rotatable bonds is 4. The molecular formula is C14H24N4OS. The van der Waals surface area contributed by atoms with Gasteiger partial charge in [0.1, 0.15) is 5.01 Å². The van der Waals surface area contributed by atoms with Crippen molar-refractivity contribution in [3.63, 3.8) is 0 Å². The summed E-state index contributed by atoms with van der Waals surface area (Å²) in [6.45, 7) is 7.92. The summed E-state index contributed by atoms with van der Waals surface area (Å²) in [5, 5.41) is 20.0. The number of likely N-dealkylation sites (tertiary alicyclic amines) is 1. The van der Waals surface area contributed by atoms with Crippen molar-refractivity contribution >= 4 is 16.5 Å². The Morgan fingerprint density at radius 1 is 1.20 bits per heavy atom. The Kier molecular flexibility index (Phi) is 4.53. The van der Waals surface area contributed by atoms with E-state index < -0.39 is 0 Å². The molecule has 2 atom stereocenters. The van der Waals surface area contributed by atoms with E-state index in [1.54, 1.807) is 11.3 Å². The van der Waals surface area contributed by atoms with Gasteiger partial charge in [-0.1, -0.05) is 11.3 Å². The maximum Gasteiger partial charge on any atom is 0.208 e. The van der Waals surface area contributed by atoms with Crippen LogP contribution in [0.1, 0.15) is 24.3 Å². The number of piperidine rings is 1. The molecule has 1 N–H and O–H groups in total. The molecule has 1 aromatic heterocycles. The zero-order valence-electron chi connectivity index (χ0n) is 12.2. The third kappa shape index (κ3) is 3.30. The Morgan fingerprint density at radius 2 is 1.95 bits per heavy atom. The molecule has 5 nitrogen and oxygen atoms in total. The molecule has 3 heterocycles. The van der Waals surface area contributed by atoms with Crippen LogP contribution < -0.4 is 4.90 Å². The quantitative estimate of drug-likeness (QED) is 0.909. The van der Waals surface area contributed by atoms with Crippen molar-refractivity contribution in [1.29, 1.82) is 0 Å². The molecule has 0 radical (unpaired) electrons. The fourth-order valence-corrected chi connectivity index (χ4v) is 4.19. The van der Waals surface area contributed by atoms with Crippen molar-refractivity contribution in [3.05, 3.63) is 5.01 Å². The predicted molar refractivity (Wildman–Crippen MR) is 81.2 cm³/mol. The molecule has 0 aromatic carbocycles. The third-order valence-electron chi connectivity index (χ3n) is 4.38. The molecule has 2 saturated heterocycles.